The zero-order valence-electron chi connectivity index (χ0n) is 10.00. The van der Waals surface area contributed by atoms with Gasteiger partial charge in [-0.3, -0.25) is 4.79 Å². The van der Waals surface area contributed by atoms with Crippen LogP contribution in [0.2, 0.25) is 5.02 Å². The van der Waals surface area contributed by atoms with Crippen molar-refractivity contribution in [2.75, 3.05) is 0 Å². The standard InChI is InChI=1S/C15H11BrClFO/c16-12-4-2-11(3-5-12)15(19)6-1-10-7-13(17)9-14(18)8-10/h2-5,7-9H,1,6H2. The first-order chi connectivity index (χ1) is 9.04. The summed E-state index contributed by atoms with van der Waals surface area (Å²) in [6.07, 6.45) is 0.813. The van der Waals surface area contributed by atoms with E-state index in [1.807, 2.05) is 12.1 Å². The van der Waals surface area contributed by atoms with Crippen molar-refractivity contribution in [3.05, 3.63) is 68.9 Å². The van der Waals surface area contributed by atoms with Crippen molar-refractivity contribution in [3.63, 3.8) is 0 Å². The van der Waals surface area contributed by atoms with Crippen LogP contribution in [0.4, 0.5) is 4.39 Å². The smallest absolute Gasteiger partial charge is 0.163 e. The quantitative estimate of drug-likeness (QED) is 0.711. The van der Waals surface area contributed by atoms with Gasteiger partial charge in [-0.25, -0.2) is 4.39 Å². The number of carbonyl (C=O) groups excluding carboxylic acids is 1. The topological polar surface area (TPSA) is 17.1 Å². The first kappa shape index (κ1) is 14.2. The Balaban J connectivity index is 2.02. The van der Waals surface area contributed by atoms with Gasteiger partial charge in [-0.2, -0.15) is 0 Å². The summed E-state index contributed by atoms with van der Waals surface area (Å²) in [4.78, 5) is 12.0. The summed E-state index contributed by atoms with van der Waals surface area (Å²) >= 11 is 9.09. The molecule has 0 saturated carbocycles. The van der Waals surface area contributed by atoms with Crippen LogP contribution in [0.15, 0.2) is 46.9 Å². The minimum atomic E-state index is -0.376. The summed E-state index contributed by atoms with van der Waals surface area (Å²) < 4.78 is 14.1. The molecule has 0 aromatic heterocycles. The van der Waals surface area contributed by atoms with E-state index in [2.05, 4.69) is 15.9 Å². The molecule has 0 radical (unpaired) electrons. The van der Waals surface area contributed by atoms with Crippen LogP contribution in [0, 0.1) is 5.82 Å². The molecule has 0 spiro atoms. The Bertz CT molecular complexity index is 575. The van der Waals surface area contributed by atoms with E-state index in [0.717, 1.165) is 10.0 Å². The number of Topliss-reactive ketones (excluding diaryl/α,β-unsaturated/α-hetero) is 1. The average molecular weight is 342 g/mol. The van der Waals surface area contributed by atoms with E-state index < -0.39 is 0 Å². The van der Waals surface area contributed by atoms with Gasteiger partial charge in [-0.1, -0.05) is 39.7 Å². The third-order valence-electron chi connectivity index (χ3n) is 2.73. The Morgan fingerprint density at radius 3 is 2.47 bits per heavy atom. The van der Waals surface area contributed by atoms with Gasteiger partial charge in [-0.15, -0.1) is 0 Å². The normalized spacial score (nSPS) is 10.5. The molecular formula is C15H11BrClFO. The number of hydrogen-bond acceptors (Lipinski definition) is 1. The van der Waals surface area contributed by atoms with Crippen LogP contribution in [0.3, 0.4) is 0 Å². The van der Waals surface area contributed by atoms with Gasteiger partial charge in [-0.05, 0) is 42.3 Å². The van der Waals surface area contributed by atoms with Gasteiger partial charge in [0.25, 0.3) is 0 Å². The van der Waals surface area contributed by atoms with Gasteiger partial charge >= 0.3 is 0 Å². The molecule has 98 valence electrons. The maximum Gasteiger partial charge on any atom is 0.163 e. The minimum absolute atomic E-state index is 0.0351. The Morgan fingerprint density at radius 1 is 1.16 bits per heavy atom. The van der Waals surface area contributed by atoms with Crippen LogP contribution < -0.4 is 0 Å². The van der Waals surface area contributed by atoms with E-state index in [1.165, 1.54) is 12.1 Å². The zero-order valence-corrected chi connectivity index (χ0v) is 12.3. The molecule has 0 fully saturated rings. The highest BCUT2D eigenvalue weighted by molar-refractivity contribution is 9.10. The molecule has 0 aliphatic carbocycles. The molecular weight excluding hydrogens is 331 g/mol. The van der Waals surface area contributed by atoms with Crippen molar-refractivity contribution in [1.29, 1.82) is 0 Å². The number of hydrogen-bond donors (Lipinski definition) is 0. The number of carbonyl (C=O) groups is 1. The van der Waals surface area contributed by atoms with E-state index >= 15 is 0 Å². The predicted molar refractivity (Wildman–Crippen MR) is 78.2 cm³/mol. The van der Waals surface area contributed by atoms with Crippen LogP contribution in [-0.4, -0.2) is 5.78 Å². The van der Waals surface area contributed by atoms with Gasteiger partial charge < -0.3 is 0 Å². The third-order valence-corrected chi connectivity index (χ3v) is 3.48. The Hall–Kier alpha value is -1.19. The zero-order chi connectivity index (χ0) is 13.8. The van der Waals surface area contributed by atoms with Crippen LogP contribution >= 0.6 is 27.5 Å². The fourth-order valence-electron chi connectivity index (χ4n) is 1.79. The molecule has 0 unspecified atom stereocenters. The molecule has 2 aromatic carbocycles. The molecule has 2 rings (SSSR count). The lowest BCUT2D eigenvalue weighted by atomic mass is 10.0. The lowest BCUT2D eigenvalue weighted by Gasteiger charge is -2.03. The van der Waals surface area contributed by atoms with Crippen LogP contribution in [0.25, 0.3) is 0 Å². The van der Waals surface area contributed by atoms with Gasteiger partial charge in [0.15, 0.2) is 5.78 Å². The van der Waals surface area contributed by atoms with E-state index in [9.17, 15) is 9.18 Å². The summed E-state index contributed by atoms with van der Waals surface area (Å²) in [6.45, 7) is 0. The average Bonchev–Trinajstić information content (AvgIpc) is 2.36. The highest BCUT2D eigenvalue weighted by atomic mass is 79.9. The van der Waals surface area contributed by atoms with Crippen molar-refractivity contribution < 1.29 is 9.18 Å². The first-order valence-corrected chi connectivity index (χ1v) is 6.95. The lowest BCUT2D eigenvalue weighted by Crippen LogP contribution is -2.01. The Morgan fingerprint density at radius 2 is 1.84 bits per heavy atom. The van der Waals surface area contributed by atoms with E-state index in [4.69, 9.17) is 11.6 Å². The summed E-state index contributed by atoms with van der Waals surface area (Å²) in [5, 5.41) is 0.353. The number of aryl methyl sites for hydroxylation is 1. The minimum Gasteiger partial charge on any atom is -0.294 e. The van der Waals surface area contributed by atoms with Crippen molar-refractivity contribution in [2.45, 2.75) is 12.8 Å². The molecule has 0 aliphatic heterocycles. The molecule has 4 heteroatoms. The molecule has 0 atom stereocenters. The number of benzene rings is 2. The van der Waals surface area contributed by atoms with Crippen LogP contribution in [0.1, 0.15) is 22.3 Å². The monoisotopic (exact) mass is 340 g/mol. The van der Waals surface area contributed by atoms with Gasteiger partial charge in [0, 0.05) is 21.5 Å². The summed E-state index contributed by atoms with van der Waals surface area (Å²) in [5.41, 5.74) is 1.39. The fraction of sp³-hybridized carbons (Fsp3) is 0.133. The Labute approximate surface area is 124 Å². The maximum atomic E-state index is 13.1. The van der Waals surface area contributed by atoms with Gasteiger partial charge in [0.2, 0.25) is 0 Å². The van der Waals surface area contributed by atoms with Gasteiger partial charge in [0.1, 0.15) is 5.82 Å². The molecule has 0 amide bonds. The molecule has 0 aliphatic rings. The second-order valence-corrected chi connectivity index (χ2v) is 5.56. The summed E-state index contributed by atoms with van der Waals surface area (Å²) in [7, 11) is 0. The highest BCUT2D eigenvalue weighted by Crippen LogP contribution is 2.17. The first-order valence-electron chi connectivity index (χ1n) is 5.78. The molecule has 0 saturated heterocycles. The largest absolute Gasteiger partial charge is 0.294 e. The maximum absolute atomic E-state index is 13.1. The lowest BCUT2D eigenvalue weighted by molar-refractivity contribution is 0.0983. The SMILES string of the molecule is O=C(CCc1cc(F)cc(Cl)c1)c1ccc(Br)cc1. The summed E-state index contributed by atoms with van der Waals surface area (Å²) in [6, 6.07) is 11.5. The summed E-state index contributed by atoms with van der Waals surface area (Å²) in [5.74, 6) is -0.341. The molecule has 1 nitrogen and oxygen atoms in total. The van der Waals surface area contributed by atoms with Crippen LogP contribution in [0.5, 0.6) is 0 Å². The van der Waals surface area contributed by atoms with E-state index in [0.29, 0.717) is 23.4 Å². The van der Waals surface area contributed by atoms with Crippen molar-refractivity contribution in [1.82, 2.24) is 0 Å². The van der Waals surface area contributed by atoms with Crippen LogP contribution in [-0.2, 0) is 6.42 Å². The fourth-order valence-corrected chi connectivity index (χ4v) is 2.30. The predicted octanol–water partition coefficient (Wildman–Crippen LogP) is 5.06. The van der Waals surface area contributed by atoms with E-state index in [1.54, 1.807) is 18.2 Å². The highest BCUT2D eigenvalue weighted by Gasteiger charge is 2.07. The molecule has 0 bridgehead atoms. The Kier molecular flexibility index (Phi) is 4.72. The second kappa shape index (κ2) is 6.31. The molecule has 0 heterocycles. The molecule has 2 aromatic rings. The number of ketones is 1. The number of halogens is 3. The van der Waals surface area contributed by atoms with E-state index in [-0.39, 0.29) is 11.6 Å². The van der Waals surface area contributed by atoms with Gasteiger partial charge in [0.05, 0.1) is 0 Å². The van der Waals surface area contributed by atoms with Crippen molar-refractivity contribution >= 4 is 33.3 Å². The molecule has 19 heavy (non-hydrogen) atoms. The second-order valence-electron chi connectivity index (χ2n) is 4.21. The van der Waals surface area contributed by atoms with Crippen molar-refractivity contribution in [2.24, 2.45) is 0 Å². The number of rotatable bonds is 4. The van der Waals surface area contributed by atoms with Crippen molar-refractivity contribution in [3.8, 4) is 0 Å². The third kappa shape index (κ3) is 4.15. The molecule has 0 N–H and O–H groups in total.